The van der Waals surface area contributed by atoms with Crippen molar-refractivity contribution in [3.8, 4) is 5.75 Å². The molecule has 22 heavy (non-hydrogen) atoms. The topological polar surface area (TPSA) is 46.6 Å². The van der Waals surface area contributed by atoms with E-state index in [0.717, 1.165) is 68.2 Å². The molecule has 0 aliphatic carbocycles. The van der Waals surface area contributed by atoms with E-state index in [-0.39, 0.29) is 0 Å². The Morgan fingerprint density at radius 2 is 2.18 bits per heavy atom. The van der Waals surface area contributed by atoms with Gasteiger partial charge in [0.05, 0.1) is 20.3 Å². The lowest BCUT2D eigenvalue weighted by Crippen LogP contribution is -2.37. The van der Waals surface area contributed by atoms with Gasteiger partial charge in [-0.3, -0.25) is 9.88 Å². The van der Waals surface area contributed by atoms with Gasteiger partial charge in [-0.15, -0.1) is 0 Å². The minimum absolute atomic E-state index is 0.814. The second-order valence-corrected chi connectivity index (χ2v) is 5.49. The smallest absolute Gasteiger partial charge is 0.147 e. The van der Waals surface area contributed by atoms with E-state index in [1.54, 1.807) is 13.3 Å². The van der Waals surface area contributed by atoms with E-state index in [2.05, 4.69) is 27.3 Å². The van der Waals surface area contributed by atoms with Gasteiger partial charge in [-0.25, -0.2) is 0 Å². The summed E-state index contributed by atoms with van der Waals surface area (Å²) >= 11 is 0. The molecule has 5 nitrogen and oxygen atoms in total. The van der Waals surface area contributed by atoms with Crippen molar-refractivity contribution in [3.63, 3.8) is 0 Å². The largest absolute Gasteiger partial charge is 0.494 e. The fourth-order valence-electron chi connectivity index (χ4n) is 2.78. The predicted molar refractivity (Wildman–Crippen MR) is 88.7 cm³/mol. The molecule has 118 valence electrons. The van der Waals surface area contributed by atoms with Crippen LogP contribution < -0.4 is 10.1 Å². The first-order valence-electron chi connectivity index (χ1n) is 7.83. The number of hydrogen-bond acceptors (Lipinski definition) is 5. The number of benzene rings is 1. The van der Waals surface area contributed by atoms with Crippen LogP contribution >= 0.6 is 0 Å². The molecule has 1 aromatic carbocycles. The Kier molecular flexibility index (Phi) is 5.08. The van der Waals surface area contributed by atoms with Gasteiger partial charge in [0.2, 0.25) is 0 Å². The van der Waals surface area contributed by atoms with Gasteiger partial charge in [0.25, 0.3) is 0 Å². The van der Waals surface area contributed by atoms with Crippen LogP contribution in [0.3, 0.4) is 0 Å². The number of hydrogen-bond donors (Lipinski definition) is 1. The first kappa shape index (κ1) is 15.1. The van der Waals surface area contributed by atoms with Crippen molar-refractivity contribution in [2.75, 3.05) is 51.8 Å². The molecule has 5 heteroatoms. The molecule has 1 saturated heterocycles. The molecule has 0 unspecified atom stereocenters. The molecule has 0 bridgehead atoms. The van der Waals surface area contributed by atoms with Gasteiger partial charge in [0.15, 0.2) is 0 Å². The van der Waals surface area contributed by atoms with E-state index >= 15 is 0 Å². The van der Waals surface area contributed by atoms with Crippen molar-refractivity contribution >= 4 is 16.6 Å². The first-order valence-corrected chi connectivity index (χ1v) is 7.83. The number of morpholine rings is 1. The number of rotatable bonds is 6. The number of nitrogens with one attached hydrogen (secondary N) is 1. The molecular formula is C17H23N3O2. The second-order valence-electron chi connectivity index (χ2n) is 5.49. The maximum absolute atomic E-state index is 5.44. The summed E-state index contributed by atoms with van der Waals surface area (Å²) in [5, 5.41) is 4.58. The van der Waals surface area contributed by atoms with E-state index in [9.17, 15) is 0 Å². The Morgan fingerprint density at radius 3 is 3.00 bits per heavy atom. The van der Waals surface area contributed by atoms with Crippen LogP contribution in [0.2, 0.25) is 0 Å². The zero-order valence-electron chi connectivity index (χ0n) is 13.0. The van der Waals surface area contributed by atoms with Gasteiger partial charge >= 0.3 is 0 Å². The van der Waals surface area contributed by atoms with Gasteiger partial charge in [0.1, 0.15) is 11.3 Å². The SMILES string of the molecule is COc1cc(NCCCN2CCOCC2)cc2cccnc12. The highest BCUT2D eigenvalue weighted by molar-refractivity contribution is 5.88. The maximum atomic E-state index is 5.44. The van der Waals surface area contributed by atoms with Crippen LogP contribution in [-0.4, -0.2) is 56.4 Å². The molecule has 0 spiro atoms. The van der Waals surface area contributed by atoms with Crippen LogP contribution in [0.1, 0.15) is 6.42 Å². The van der Waals surface area contributed by atoms with Crippen molar-refractivity contribution in [3.05, 3.63) is 30.5 Å². The van der Waals surface area contributed by atoms with E-state index in [1.165, 1.54) is 0 Å². The number of pyridine rings is 1. The Hall–Kier alpha value is -1.85. The summed E-state index contributed by atoms with van der Waals surface area (Å²) in [6.07, 6.45) is 2.91. The summed E-state index contributed by atoms with van der Waals surface area (Å²) in [5.74, 6) is 0.814. The molecule has 1 aliphatic heterocycles. The van der Waals surface area contributed by atoms with Crippen LogP contribution in [0.15, 0.2) is 30.5 Å². The highest BCUT2D eigenvalue weighted by Crippen LogP contribution is 2.27. The Balaban J connectivity index is 1.57. The van der Waals surface area contributed by atoms with Gasteiger partial charge < -0.3 is 14.8 Å². The molecule has 3 rings (SSSR count). The first-order chi connectivity index (χ1) is 10.9. The summed E-state index contributed by atoms with van der Waals surface area (Å²) in [7, 11) is 1.69. The molecule has 1 N–H and O–H groups in total. The highest BCUT2D eigenvalue weighted by atomic mass is 16.5. The molecule has 2 aromatic rings. The fourth-order valence-corrected chi connectivity index (χ4v) is 2.78. The summed E-state index contributed by atoms with van der Waals surface area (Å²) in [6.45, 7) is 5.89. The monoisotopic (exact) mass is 301 g/mol. The number of ether oxygens (including phenoxy) is 2. The lowest BCUT2D eigenvalue weighted by molar-refractivity contribution is 0.0378. The molecule has 1 fully saturated rings. The van der Waals surface area contributed by atoms with Gasteiger partial charge in [-0.05, 0) is 25.1 Å². The van der Waals surface area contributed by atoms with E-state index in [1.807, 2.05) is 12.1 Å². The number of nitrogens with zero attached hydrogens (tertiary/aromatic N) is 2. The molecule has 1 aliphatic rings. The minimum atomic E-state index is 0.814. The van der Waals surface area contributed by atoms with Crippen molar-refractivity contribution in [2.24, 2.45) is 0 Å². The standard InChI is InChI=1S/C17H23N3O2/c1-21-16-13-15(12-14-4-2-5-19-17(14)16)18-6-3-7-20-8-10-22-11-9-20/h2,4-5,12-13,18H,3,6-11H2,1H3. The Bertz CT molecular complexity index is 612. The number of fused-ring (bicyclic) bond motifs is 1. The summed E-state index contributed by atoms with van der Waals surface area (Å²) in [6, 6.07) is 8.15. The van der Waals surface area contributed by atoms with Crippen LogP contribution in [-0.2, 0) is 4.74 Å². The molecule has 0 saturated carbocycles. The molecule has 2 heterocycles. The lowest BCUT2D eigenvalue weighted by atomic mass is 10.2. The normalized spacial score (nSPS) is 15.9. The fraction of sp³-hybridized carbons (Fsp3) is 0.471. The number of anilines is 1. The molecule has 1 aromatic heterocycles. The van der Waals surface area contributed by atoms with Gasteiger partial charge in [-0.1, -0.05) is 6.07 Å². The number of aromatic nitrogens is 1. The van der Waals surface area contributed by atoms with Gasteiger partial charge in [-0.2, -0.15) is 0 Å². The third-order valence-electron chi connectivity index (χ3n) is 3.97. The minimum Gasteiger partial charge on any atom is -0.494 e. The quantitative estimate of drug-likeness (QED) is 0.830. The van der Waals surface area contributed by atoms with Crippen molar-refractivity contribution < 1.29 is 9.47 Å². The van der Waals surface area contributed by atoms with Crippen LogP contribution in [0.25, 0.3) is 10.9 Å². The number of methoxy groups -OCH3 is 1. The zero-order chi connectivity index (χ0) is 15.2. The van der Waals surface area contributed by atoms with E-state index in [0.29, 0.717) is 0 Å². The van der Waals surface area contributed by atoms with Crippen molar-refractivity contribution in [1.29, 1.82) is 0 Å². The van der Waals surface area contributed by atoms with Crippen molar-refractivity contribution in [1.82, 2.24) is 9.88 Å². The lowest BCUT2D eigenvalue weighted by Gasteiger charge is -2.26. The zero-order valence-corrected chi connectivity index (χ0v) is 13.0. The van der Waals surface area contributed by atoms with Crippen LogP contribution in [0.4, 0.5) is 5.69 Å². The second kappa shape index (κ2) is 7.42. The average molecular weight is 301 g/mol. The maximum Gasteiger partial charge on any atom is 0.147 e. The average Bonchev–Trinajstić information content (AvgIpc) is 2.59. The van der Waals surface area contributed by atoms with Crippen LogP contribution in [0.5, 0.6) is 5.75 Å². The highest BCUT2D eigenvalue weighted by Gasteiger charge is 2.09. The Labute approximate surface area is 131 Å². The van der Waals surface area contributed by atoms with Crippen LogP contribution in [0, 0.1) is 0 Å². The van der Waals surface area contributed by atoms with Gasteiger partial charge in [0, 0.05) is 43.0 Å². The summed E-state index contributed by atoms with van der Waals surface area (Å²) in [4.78, 5) is 6.83. The Morgan fingerprint density at radius 1 is 1.32 bits per heavy atom. The van der Waals surface area contributed by atoms with Crippen molar-refractivity contribution in [2.45, 2.75) is 6.42 Å². The summed E-state index contributed by atoms with van der Waals surface area (Å²) in [5.41, 5.74) is 1.99. The van der Waals surface area contributed by atoms with E-state index in [4.69, 9.17) is 9.47 Å². The molecule has 0 radical (unpaired) electrons. The molecule has 0 atom stereocenters. The molecular weight excluding hydrogens is 278 g/mol. The third kappa shape index (κ3) is 3.67. The molecule has 0 amide bonds. The van der Waals surface area contributed by atoms with E-state index < -0.39 is 0 Å². The third-order valence-corrected chi connectivity index (χ3v) is 3.97. The predicted octanol–water partition coefficient (Wildman–Crippen LogP) is 2.38. The summed E-state index contributed by atoms with van der Waals surface area (Å²) < 4.78 is 10.8.